The van der Waals surface area contributed by atoms with Gasteiger partial charge in [-0.15, -0.1) is 0 Å². The number of carboxylic acid groups (broad SMARTS) is 1. The first-order valence-corrected chi connectivity index (χ1v) is 7.43. The molecular formula is C17H23NO2. The summed E-state index contributed by atoms with van der Waals surface area (Å²) in [6.45, 7) is 4.40. The van der Waals surface area contributed by atoms with Gasteiger partial charge >= 0.3 is 5.97 Å². The van der Waals surface area contributed by atoms with E-state index in [-0.39, 0.29) is 0 Å². The van der Waals surface area contributed by atoms with Crippen LogP contribution in [0.1, 0.15) is 43.7 Å². The van der Waals surface area contributed by atoms with E-state index in [2.05, 4.69) is 24.0 Å². The van der Waals surface area contributed by atoms with E-state index in [1.54, 1.807) is 6.08 Å². The average Bonchev–Trinajstić information content (AvgIpc) is 2.46. The molecule has 1 saturated heterocycles. The molecule has 0 spiro atoms. The fourth-order valence-corrected chi connectivity index (χ4v) is 2.93. The molecule has 1 fully saturated rings. The molecule has 0 aromatic heterocycles. The Morgan fingerprint density at radius 2 is 2.30 bits per heavy atom. The maximum Gasteiger partial charge on any atom is 0.328 e. The largest absolute Gasteiger partial charge is 0.478 e. The summed E-state index contributed by atoms with van der Waals surface area (Å²) in [6, 6.07) is 8.85. The highest BCUT2D eigenvalue weighted by molar-refractivity contribution is 5.85. The van der Waals surface area contributed by atoms with Crippen molar-refractivity contribution in [1.82, 2.24) is 4.90 Å². The number of carboxylic acids is 1. The zero-order chi connectivity index (χ0) is 14.4. The lowest BCUT2D eigenvalue weighted by Crippen LogP contribution is -2.38. The Kier molecular flexibility index (Phi) is 5.36. The first-order valence-electron chi connectivity index (χ1n) is 7.43. The van der Waals surface area contributed by atoms with Crippen molar-refractivity contribution in [3.63, 3.8) is 0 Å². The second kappa shape index (κ2) is 7.25. The van der Waals surface area contributed by atoms with Crippen molar-refractivity contribution < 1.29 is 9.90 Å². The molecule has 0 bridgehead atoms. The second-order valence-corrected chi connectivity index (χ2v) is 5.44. The zero-order valence-electron chi connectivity index (χ0n) is 12.1. The molecule has 1 aromatic carbocycles. The van der Waals surface area contributed by atoms with Gasteiger partial charge in [0, 0.05) is 18.7 Å². The van der Waals surface area contributed by atoms with Gasteiger partial charge in [0.1, 0.15) is 0 Å². The molecule has 0 saturated carbocycles. The molecule has 3 nitrogen and oxygen atoms in total. The van der Waals surface area contributed by atoms with Crippen molar-refractivity contribution in [2.24, 2.45) is 0 Å². The highest BCUT2D eigenvalue weighted by Gasteiger charge is 2.20. The van der Waals surface area contributed by atoms with Crippen molar-refractivity contribution >= 4 is 12.0 Å². The Morgan fingerprint density at radius 1 is 1.45 bits per heavy atom. The first-order chi connectivity index (χ1) is 9.69. The number of piperidine rings is 1. The van der Waals surface area contributed by atoms with Gasteiger partial charge in [-0.25, -0.2) is 4.79 Å². The molecular weight excluding hydrogens is 250 g/mol. The van der Waals surface area contributed by atoms with E-state index in [1.807, 2.05) is 12.1 Å². The Bertz CT molecular complexity index is 482. The number of hydrogen-bond donors (Lipinski definition) is 1. The quantitative estimate of drug-likeness (QED) is 0.834. The summed E-state index contributed by atoms with van der Waals surface area (Å²) in [5.41, 5.74) is 2.22. The van der Waals surface area contributed by atoms with E-state index in [4.69, 9.17) is 5.11 Å². The van der Waals surface area contributed by atoms with Crippen molar-refractivity contribution in [3.05, 3.63) is 41.5 Å². The van der Waals surface area contributed by atoms with Crippen LogP contribution in [0.3, 0.4) is 0 Å². The molecule has 1 aliphatic rings. The van der Waals surface area contributed by atoms with E-state index in [9.17, 15) is 4.79 Å². The molecule has 0 aliphatic carbocycles. The van der Waals surface area contributed by atoms with Crippen LogP contribution in [-0.4, -0.2) is 28.6 Å². The number of benzene rings is 1. The minimum atomic E-state index is -0.905. The summed E-state index contributed by atoms with van der Waals surface area (Å²) in [6.07, 6.45) is 7.98. The predicted octanol–water partition coefficient (Wildman–Crippen LogP) is 3.55. The highest BCUT2D eigenvalue weighted by atomic mass is 16.4. The van der Waals surface area contributed by atoms with Gasteiger partial charge in [0.15, 0.2) is 0 Å². The lowest BCUT2D eigenvalue weighted by atomic mass is 9.99. The van der Waals surface area contributed by atoms with Gasteiger partial charge in [-0.2, -0.15) is 0 Å². The van der Waals surface area contributed by atoms with Gasteiger partial charge in [-0.05, 0) is 43.0 Å². The fraction of sp³-hybridized carbons (Fsp3) is 0.471. The first kappa shape index (κ1) is 14.8. The lowest BCUT2D eigenvalue weighted by Gasteiger charge is -2.35. The third-order valence-corrected chi connectivity index (χ3v) is 3.98. The number of hydrogen-bond acceptors (Lipinski definition) is 2. The third-order valence-electron chi connectivity index (χ3n) is 3.98. The Labute approximate surface area is 120 Å². The summed E-state index contributed by atoms with van der Waals surface area (Å²) in [5, 5.41) is 8.68. The van der Waals surface area contributed by atoms with E-state index in [0.29, 0.717) is 6.04 Å². The van der Waals surface area contributed by atoms with Crippen molar-refractivity contribution in [3.8, 4) is 0 Å². The van der Waals surface area contributed by atoms with Crippen molar-refractivity contribution in [2.45, 2.75) is 45.2 Å². The number of nitrogens with zero attached hydrogens (tertiary/aromatic N) is 1. The second-order valence-electron chi connectivity index (χ2n) is 5.44. The number of rotatable bonds is 5. The van der Waals surface area contributed by atoms with Crippen LogP contribution in [0.2, 0.25) is 0 Å². The Morgan fingerprint density at radius 3 is 3.05 bits per heavy atom. The SMILES string of the molecule is CCC1CCCCN1Cc1cccc(C=CC(=O)O)c1. The molecule has 1 atom stereocenters. The Balaban J connectivity index is 2.05. The summed E-state index contributed by atoms with van der Waals surface area (Å²) < 4.78 is 0. The van der Waals surface area contributed by atoms with Crippen molar-refractivity contribution in [2.75, 3.05) is 6.54 Å². The lowest BCUT2D eigenvalue weighted by molar-refractivity contribution is -0.131. The molecule has 3 heteroatoms. The van der Waals surface area contributed by atoms with Gasteiger partial charge in [0.05, 0.1) is 0 Å². The molecule has 0 amide bonds. The summed E-state index contributed by atoms with van der Waals surface area (Å²) >= 11 is 0. The van der Waals surface area contributed by atoms with Crippen LogP contribution in [0, 0.1) is 0 Å². The van der Waals surface area contributed by atoms with Gasteiger partial charge in [0.2, 0.25) is 0 Å². The van der Waals surface area contributed by atoms with Crippen LogP contribution in [0.4, 0.5) is 0 Å². The normalized spacial score (nSPS) is 20.4. The molecule has 108 valence electrons. The summed E-state index contributed by atoms with van der Waals surface area (Å²) in [4.78, 5) is 13.1. The van der Waals surface area contributed by atoms with Crippen LogP contribution in [0.5, 0.6) is 0 Å². The van der Waals surface area contributed by atoms with E-state index >= 15 is 0 Å². The highest BCUT2D eigenvalue weighted by Crippen LogP contribution is 2.22. The summed E-state index contributed by atoms with van der Waals surface area (Å²) in [5.74, 6) is -0.905. The monoisotopic (exact) mass is 273 g/mol. The smallest absolute Gasteiger partial charge is 0.328 e. The number of carbonyl (C=O) groups is 1. The standard InChI is InChI=1S/C17H23NO2/c1-2-16-8-3-4-11-18(16)13-15-7-5-6-14(12-15)9-10-17(19)20/h5-7,9-10,12,16H,2-4,8,11,13H2,1H3,(H,19,20). The zero-order valence-corrected chi connectivity index (χ0v) is 12.1. The molecule has 1 heterocycles. The topological polar surface area (TPSA) is 40.5 Å². The van der Waals surface area contributed by atoms with Crippen LogP contribution in [0.25, 0.3) is 6.08 Å². The summed E-state index contributed by atoms with van der Waals surface area (Å²) in [7, 11) is 0. The van der Waals surface area contributed by atoms with E-state index in [1.165, 1.54) is 43.9 Å². The average molecular weight is 273 g/mol. The number of likely N-dealkylation sites (tertiary alicyclic amines) is 1. The van der Waals surface area contributed by atoms with E-state index < -0.39 is 5.97 Å². The van der Waals surface area contributed by atoms with E-state index in [0.717, 1.165) is 12.1 Å². The minimum Gasteiger partial charge on any atom is -0.478 e. The van der Waals surface area contributed by atoms with Gasteiger partial charge in [-0.1, -0.05) is 37.6 Å². The molecule has 0 radical (unpaired) electrons. The molecule has 20 heavy (non-hydrogen) atoms. The molecule has 1 N–H and O–H groups in total. The Hall–Kier alpha value is -1.61. The molecule has 1 aromatic rings. The maximum absolute atomic E-state index is 10.6. The maximum atomic E-state index is 10.6. The molecule has 1 aliphatic heterocycles. The van der Waals surface area contributed by atoms with Crippen LogP contribution < -0.4 is 0 Å². The van der Waals surface area contributed by atoms with Gasteiger partial charge in [0.25, 0.3) is 0 Å². The predicted molar refractivity (Wildman–Crippen MR) is 81.5 cm³/mol. The van der Waals surface area contributed by atoms with Crippen LogP contribution >= 0.6 is 0 Å². The third kappa shape index (κ3) is 4.20. The van der Waals surface area contributed by atoms with Crippen LogP contribution in [0.15, 0.2) is 30.3 Å². The number of aliphatic carboxylic acids is 1. The minimum absolute atomic E-state index is 0.696. The molecule has 1 unspecified atom stereocenters. The van der Waals surface area contributed by atoms with Gasteiger partial charge < -0.3 is 5.11 Å². The van der Waals surface area contributed by atoms with Crippen molar-refractivity contribution in [1.29, 1.82) is 0 Å². The van der Waals surface area contributed by atoms with Gasteiger partial charge in [-0.3, -0.25) is 4.90 Å². The fourth-order valence-electron chi connectivity index (χ4n) is 2.93. The van der Waals surface area contributed by atoms with Crippen LogP contribution in [-0.2, 0) is 11.3 Å². The molecule has 2 rings (SSSR count).